The molecule has 1 rings (SSSR count). The van der Waals surface area contributed by atoms with E-state index in [1.807, 2.05) is 0 Å². The molecule has 0 atom stereocenters. The molecule has 0 spiro atoms. The molecule has 0 unspecified atom stereocenters. The maximum atomic E-state index is 10.6. The van der Waals surface area contributed by atoms with Gasteiger partial charge in [0.15, 0.2) is 0 Å². The van der Waals surface area contributed by atoms with Crippen LogP contribution in [0, 0.1) is 0 Å². The number of aliphatic carboxylic acids is 2. The van der Waals surface area contributed by atoms with Gasteiger partial charge in [0, 0.05) is 13.1 Å². The molecule has 198 valence electrons. The lowest BCUT2D eigenvalue weighted by Crippen LogP contribution is -2.21. The molecular weight excluding hydrogens is 610 g/mol. The molecule has 1 aromatic carbocycles. The van der Waals surface area contributed by atoms with E-state index in [2.05, 4.69) is 82.0 Å². The Morgan fingerprint density at radius 2 is 1.21 bits per heavy atom. The Balaban J connectivity index is 0. The second kappa shape index (κ2) is 16.2. The molecule has 0 aliphatic heterocycles. The van der Waals surface area contributed by atoms with Gasteiger partial charge in [-0.05, 0) is 90.6 Å². The van der Waals surface area contributed by atoms with Gasteiger partial charge in [0.2, 0.25) is 0 Å². The summed E-state index contributed by atoms with van der Waals surface area (Å²) in [5.74, 6) is -4.61. The molecule has 34 heavy (non-hydrogen) atoms. The number of carboxylic acids is 2. The van der Waals surface area contributed by atoms with E-state index >= 15 is 0 Å². The normalized spacial score (nSPS) is 11.4. The van der Waals surface area contributed by atoms with Gasteiger partial charge in [-0.15, -0.1) is 0 Å². The molecule has 0 bridgehead atoms. The zero-order chi connectivity index (χ0) is 27.3. The van der Waals surface area contributed by atoms with Crippen molar-refractivity contribution in [2.75, 3.05) is 47.9 Å². The SMILES string of the molecule is CN(C)CCCOc1c(Br)cc(CCN(C)C)cc1Br.O=C(O)C(F)(F)F.O=C(O)C(F)(F)F. The summed E-state index contributed by atoms with van der Waals surface area (Å²) in [5.41, 5.74) is 1.30. The first kappa shape index (κ1) is 34.6. The van der Waals surface area contributed by atoms with Gasteiger partial charge in [0.1, 0.15) is 5.75 Å². The minimum Gasteiger partial charge on any atom is -0.491 e. The van der Waals surface area contributed by atoms with Gasteiger partial charge in [-0.1, -0.05) is 0 Å². The third-order valence-corrected chi connectivity index (χ3v) is 4.56. The fourth-order valence-electron chi connectivity index (χ4n) is 1.80. The Morgan fingerprint density at radius 1 is 0.853 bits per heavy atom. The van der Waals surface area contributed by atoms with Crippen LogP contribution in [0.3, 0.4) is 0 Å². The minimum atomic E-state index is -5.08. The van der Waals surface area contributed by atoms with Gasteiger partial charge in [0.25, 0.3) is 0 Å². The number of halogens is 8. The number of carboxylic acid groups (broad SMARTS) is 2. The van der Waals surface area contributed by atoms with E-state index in [-0.39, 0.29) is 0 Å². The molecule has 0 aliphatic carbocycles. The first-order valence-corrected chi connectivity index (χ1v) is 10.9. The predicted octanol–water partition coefficient (Wildman–Crippen LogP) is 4.91. The maximum Gasteiger partial charge on any atom is 0.490 e. The Hall–Kier alpha value is -1.58. The Kier molecular flexibility index (Phi) is 16.4. The quantitative estimate of drug-likeness (QED) is 0.310. The molecule has 0 aromatic heterocycles. The van der Waals surface area contributed by atoms with Gasteiger partial charge in [-0.25, -0.2) is 9.59 Å². The summed E-state index contributed by atoms with van der Waals surface area (Å²) < 4.78 is 71.4. The summed E-state index contributed by atoms with van der Waals surface area (Å²) in [6.07, 6.45) is -8.11. The summed E-state index contributed by atoms with van der Waals surface area (Å²) in [6.45, 7) is 2.81. The first-order chi connectivity index (χ1) is 15.3. The monoisotopic (exact) mass is 634 g/mol. The van der Waals surface area contributed by atoms with Crippen LogP contribution in [0.2, 0.25) is 0 Å². The standard InChI is InChI=1S/C15H24Br2N2O.2C2HF3O2/c1-18(2)7-5-9-20-15-13(16)10-12(11-14(15)17)6-8-19(3)4;2*3-2(4,5)1(6)7/h10-11H,5-9H2,1-4H3;2*(H,6,7). The zero-order valence-electron chi connectivity index (χ0n) is 18.7. The number of hydrogen-bond acceptors (Lipinski definition) is 5. The number of ether oxygens (including phenoxy) is 1. The lowest BCUT2D eigenvalue weighted by molar-refractivity contribution is -0.193. The van der Waals surface area contributed by atoms with Gasteiger partial charge >= 0.3 is 24.3 Å². The van der Waals surface area contributed by atoms with Crippen molar-refractivity contribution in [1.29, 1.82) is 0 Å². The molecule has 15 heteroatoms. The van der Waals surface area contributed by atoms with Crippen molar-refractivity contribution in [1.82, 2.24) is 9.80 Å². The molecule has 7 nitrogen and oxygen atoms in total. The predicted molar refractivity (Wildman–Crippen MR) is 120 cm³/mol. The number of alkyl halides is 6. The van der Waals surface area contributed by atoms with Crippen molar-refractivity contribution in [2.24, 2.45) is 0 Å². The van der Waals surface area contributed by atoms with Crippen molar-refractivity contribution in [2.45, 2.75) is 25.2 Å². The summed E-state index contributed by atoms with van der Waals surface area (Å²) in [4.78, 5) is 22.1. The third-order valence-electron chi connectivity index (χ3n) is 3.39. The van der Waals surface area contributed by atoms with Crippen molar-refractivity contribution in [3.8, 4) is 5.75 Å². The number of rotatable bonds is 8. The van der Waals surface area contributed by atoms with E-state index in [9.17, 15) is 26.3 Å². The molecular formula is C19H26Br2F6N2O5. The fraction of sp³-hybridized carbons (Fsp3) is 0.579. The van der Waals surface area contributed by atoms with Crippen molar-refractivity contribution in [3.05, 3.63) is 26.6 Å². The van der Waals surface area contributed by atoms with E-state index in [0.717, 1.165) is 47.2 Å². The van der Waals surface area contributed by atoms with E-state index < -0.39 is 24.3 Å². The average Bonchev–Trinajstić information content (AvgIpc) is 2.64. The van der Waals surface area contributed by atoms with E-state index in [1.165, 1.54) is 5.56 Å². The first-order valence-electron chi connectivity index (χ1n) is 9.29. The van der Waals surface area contributed by atoms with Gasteiger partial charge in [-0.2, -0.15) is 26.3 Å². The lowest BCUT2D eigenvalue weighted by Gasteiger charge is -2.15. The zero-order valence-corrected chi connectivity index (χ0v) is 21.9. The van der Waals surface area contributed by atoms with E-state index in [1.54, 1.807) is 0 Å². The van der Waals surface area contributed by atoms with Crippen LogP contribution in [0.25, 0.3) is 0 Å². The number of nitrogens with zero attached hydrogens (tertiary/aromatic N) is 2. The van der Waals surface area contributed by atoms with Crippen LogP contribution in [0.1, 0.15) is 12.0 Å². The van der Waals surface area contributed by atoms with Crippen LogP contribution in [0.5, 0.6) is 5.75 Å². The van der Waals surface area contributed by atoms with Gasteiger partial charge in [-0.3, -0.25) is 0 Å². The van der Waals surface area contributed by atoms with Crippen LogP contribution >= 0.6 is 31.9 Å². The van der Waals surface area contributed by atoms with Gasteiger partial charge < -0.3 is 24.7 Å². The Morgan fingerprint density at radius 3 is 1.50 bits per heavy atom. The molecule has 0 saturated heterocycles. The number of hydrogen-bond donors (Lipinski definition) is 2. The molecule has 0 aliphatic rings. The van der Waals surface area contributed by atoms with Crippen LogP contribution in [-0.4, -0.2) is 92.2 Å². The Bertz CT molecular complexity index is 728. The summed E-state index contributed by atoms with van der Waals surface area (Å²) >= 11 is 7.21. The Labute approximate surface area is 209 Å². The fourth-order valence-corrected chi connectivity index (χ4v) is 3.31. The molecule has 1 aromatic rings. The molecule has 2 N–H and O–H groups in total. The largest absolute Gasteiger partial charge is 0.491 e. The highest BCUT2D eigenvalue weighted by Gasteiger charge is 2.38. The smallest absolute Gasteiger partial charge is 0.490 e. The summed E-state index contributed by atoms with van der Waals surface area (Å²) in [5, 5.41) is 14.2. The van der Waals surface area contributed by atoms with Crippen molar-refractivity contribution >= 4 is 43.8 Å². The summed E-state index contributed by atoms with van der Waals surface area (Å²) in [6, 6.07) is 4.30. The molecule has 0 fully saturated rings. The van der Waals surface area contributed by atoms with E-state index in [4.69, 9.17) is 24.5 Å². The number of benzene rings is 1. The van der Waals surface area contributed by atoms with Crippen LogP contribution < -0.4 is 4.74 Å². The van der Waals surface area contributed by atoms with Crippen molar-refractivity contribution in [3.63, 3.8) is 0 Å². The highest BCUT2D eigenvalue weighted by Crippen LogP contribution is 2.35. The highest BCUT2D eigenvalue weighted by atomic mass is 79.9. The average molecular weight is 636 g/mol. The van der Waals surface area contributed by atoms with Crippen LogP contribution in [0.4, 0.5) is 26.3 Å². The molecule has 0 saturated carbocycles. The highest BCUT2D eigenvalue weighted by molar-refractivity contribution is 9.11. The molecule has 0 radical (unpaired) electrons. The van der Waals surface area contributed by atoms with Crippen LogP contribution in [0.15, 0.2) is 21.1 Å². The topological polar surface area (TPSA) is 90.3 Å². The lowest BCUT2D eigenvalue weighted by atomic mass is 10.1. The molecule has 0 heterocycles. The minimum absolute atomic E-state index is 0.729. The summed E-state index contributed by atoms with van der Waals surface area (Å²) in [7, 11) is 8.33. The van der Waals surface area contributed by atoms with E-state index in [0.29, 0.717) is 0 Å². The molecule has 0 amide bonds. The second-order valence-corrected chi connectivity index (χ2v) is 8.76. The second-order valence-electron chi connectivity index (χ2n) is 7.05. The van der Waals surface area contributed by atoms with Gasteiger partial charge in [0.05, 0.1) is 15.6 Å². The number of carbonyl (C=O) groups is 2. The third kappa shape index (κ3) is 17.8. The maximum absolute atomic E-state index is 10.6. The van der Waals surface area contributed by atoms with Crippen LogP contribution in [-0.2, 0) is 16.0 Å². The van der Waals surface area contributed by atoms with Crippen molar-refractivity contribution < 1.29 is 50.9 Å². The number of likely N-dealkylation sites (N-methyl/N-ethyl adjacent to an activating group) is 1.